The van der Waals surface area contributed by atoms with Crippen LogP contribution >= 0.6 is 23.4 Å². The number of nitrogens with one attached hydrogen (secondary N) is 1. The van der Waals surface area contributed by atoms with Gasteiger partial charge in [-0.05, 0) is 36.4 Å². The summed E-state index contributed by atoms with van der Waals surface area (Å²) in [6, 6.07) is 13.0. The van der Waals surface area contributed by atoms with E-state index >= 15 is 0 Å². The third-order valence-corrected chi connectivity index (χ3v) is 4.50. The van der Waals surface area contributed by atoms with Crippen molar-refractivity contribution in [2.45, 2.75) is 11.3 Å². The fourth-order valence-electron chi connectivity index (χ4n) is 2.14. The Morgan fingerprint density at radius 1 is 1.09 bits per heavy atom. The summed E-state index contributed by atoms with van der Waals surface area (Å²) in [5.74, 6) is 2.07. The Bertz CT molecular complexity index is 691. The normalized spacial score (nSPS) is 12.7. The van der Waals surface area contributed by atoms with Crippen molar-refractivity contribution in [1.29, 1.82) is 0 Å². The summed E-state index contributed by atoms with van der Waals surface area (Å²) in [6.07, 6.45) is 0.432. The lowest BCUT2D eigenvalue weighted by Gasteiger charge is -2.19. The van der Waals surface area contributed by atoms with Crippen LogP contribution in [0.2, 0.25) is 5.02 Å². The van der Waals surface area contributed by atoms with Crippen LogP contribution in [-0.2, 0) is 4.79 Å². The minimum absolute atomic E-state index is 0.0249. The third kappa shape index (κ3) is 4.56. The zero-order valence-electron chi connectivity index (χ0n) is 12.4. The van der Waals surface area contributed by atoms with Gasteiger partial charge in [0.05, 0.1) is 0 Å². The van der Waals surface area contributed by atoms with Gasteiger partial charge < -0.3 is 14.8 Å². The number of amides is 1. The highest BCUT2D eigenvalue weighted by atomic mass is 35.5. The minimum Gasteiger partial charge on any atom is -0.486 e. The molecule has 0 fully saturated rings. The third-order valence-electron chi connectivity index (χ3n) is 3.24. The summed E-state index contributed by atoms with van der Waals surface area (Å²) in [7, 11) is 0. The quantitative estimate of drug-likeness (QED) is 0.820. The van der Waals surface area contributed by atoms with Crippen LogP contribution in [0, 0.1) is 0 Å². The molecular weight excluding hydrogens is 334 g/mol. The van der Waals surface area contributed by atoms with Crippen LogP contribution < -0.4 is 14.8 Å². The number of benzene rings is 2. The molecule has 0 spiro atoms. The van der Waals surface area contributed by atoms with Gasteiger partial charge in [-0.1, -0.05) is 11.6 Å². The molecule has 0 atom stereocenters. The highest BCUT2D eigenvalue weighted by Gasteiger charge is 2.12. The van der Waals surface area contributed by atoms with Gasteiger partial charge in [0.2, 0.25) is 5.91 Å². The van der Waals surface area contributed by atoms with E-state index < -0.39 is 0 Å². The lowest BCUT2D eigenvalue weighted by molar-refractivity contribution is -0.115. The van der Waals surface area contributed by atoms with Gasteiger partial charge in [0, 0.05) is 33.8 Å². The van der Waals surface area contributed by atoms with E-state index in [0.717, 1.165) is 10.6 Å². The molecule has 120 valence electrons. The predicted molar refractivity (Wildman–Crippen MR) is 92.9 cm³/mol. The first-order chi connectivity index (χ1) is 11.2. The summed E-state index contributed by atoms with van der Waals surface area (Å²) < 4.78 is 11.0. The number of fused-ring (bicyclic) bond motifs is 1. The molecule has 1 N–H and O–H groups in total. The van der Waals surface area contributed by atoms with Gasteiger partial charge in [-0.3, -0.25) is 4.79 Å². The van der Waals surface area contributed by atoms with Crippen molar-refractivity contribution in [2.75, 3.05) is 24.3 Å². The Hall–Kier alpha value is -1.85. The number of halogens is 1. The topological polar surface area (TPSA) is 47.6 Å². The fourth-order valence-corrected chi connectivity index (χ4v) is 3.11. The van der Waals surface area contributed by atoms with Gasteiger partial charge in [-0.2, -0.15) is 0 Å². The first-order valence-electron chi connectivity index (χ1n) is 7.28. The first kappa shape index (κ1) is 16.0. The Morgan fingerprint density at radius 3 is 2.61 bits per heavy atom. The molecule has 0 aliphatic carbocycles. The number of anilines is 1. The van der Waals surface area contributed by atoms with Crippen molar-refractivity contribution in [3.8, 4) is 11.5 Å². The molecule has 2 aromatic carbocycles. The van der Waals surface area contributed by atoms with Crippen molar-refractivity contribution in [3.63, 3.8) is 0 Å². The van der Waals surface area contributed by atoms with Crippen LogP contribution in [0.4, 0.5) is 5.69 Å². The lowest BCUT2D eigenvalue weighted by Crippen LogP contribution is -2.16. The highest BCUT2D eigenvalue weighted by molar-refractivity contribution is 7.99. The molecule has 1 aliphatic heterocycles. The van der Waals surface area contributed by atoms with Crippen molar-refractivity contribution in [2.24, 2.45) is 0 Å². The average Bonchev–Trinajstić information content (AvgIpc) is 2.56. The Kier molecular flexibility index (Phi) is 5.31. The van der Waals surface area contributed by atoms with Gasteiger partial charge >= 0.3 is 0 Å². The van der Waals surface area contributed by atoms with E-state index in [1.807, 2.05) is 36.4 Å². The van der Waals surface area contributed by atoms with Gasteiger partial charge in [-0.25, -0.2) is 0 Å². The van der Waals surface area contributed by atoms with Crippen LogP contribution in [0.3, 0.4) is 0 Å². The van der Waals surface area contributed by atoms with Crippen LogP contribution in [0.15, 0.2) is 47.4 Å². The van der Waals surface area contributed by atoms with E-state index in [-0.39, 0.29) is 5.91 Å². The number of ether oxygens (including phenoxy) is 2. The molecule has 1 heterocycles. The Labute approximate surface area is 144 Å². The van der Waals surface area contributed by atoms with Crippen molar-refractivity contribution in [1.82, 2.24) is 0 Å². The molecule has 6 heteroatoms. The largest absolute Gasteiger partial charge is 0.486 e. The van der Waals surface area contributed by atoms with Crippen LogP contribution in [0.5, 0.6) is 11.5 Å². The fraction of sp³-hybridized carbons (Fsp3) is 0.235. The lowest BCUT2D eigenvalue weighted by atomic mass is 10.2. The standard InChI is InChI=1S/C17H16ClNO3S/c18-12-1-4-14(5-2-12)23-10-7-17(20)19-13-3-6-15-16(11-13)22-9-8-21-15/h1-6,11H,7-10H2,(H,19,20). The molecule has 0 saturated carbocycles. The predicted octanol–water partition coefficient (Wildman–Crippen LogP) is 4.23. The summed E-state index contributed by atoms with van der Waals surface area (Å²) in [4.78, 5) is 13.1. The molecule has 3 rings (SSSR count). The van der Waals surface area contributed by atoms with E-state index in [1.54, 1.807) is 17.8 Å². The second kappa shape index (κ2) is 7.62. The average molecular weight is 350 g/mol. The van der Waals surface area contributed by atoms with E-state index in [4.69, 9.17) is 21.1 Å². The Morgan fingerprint density at radius 2 is 1.83 bits per heavy atom. The number of thioether (sulfide) groups is 1. The molecule has 0 radical (unpaired) electrons. The highest BCUT2D eigenvalue weighted by Crippen LogP contribution is 2.32. The zero-order valence-corrected chi connectivity index (χ0v) is 14.0. The second-order valence-corrected chi connectivity index (χ2v) is 6.56. The molecule has 23 heavy (non-hydrogen) atoms. The van der Waals surface area contributed by atoms with Crippen LogP contribution in [-0.4, -0.2) is 24.9 Å². The molecule has 2 aromatic rings. The summed E-state index contributed by atoms with van der Waals surface area (Å²) in [6.45, 7) is 1.09. The molecule has 0 aromatic heterocycles. The van der Waals surface area contributed by atoms with E-state index in [1.165, 1.54) is 0 Å². The molecule has 4 nitrogen and oxygen atoms in total. The number of rotatable bonds is 5. The first-order valence-corrected chi connectivity index (χ1v) is 8.65. The molecule has 0 saturated heterocycles. The van der Waals surface area contributed by atoms with Crippen molar-refractivity contribution in [3.05, 3.63) is 47.5 Å². The van der Waals surface area contributed by atoms with Gasteiger partial charge in [0.25, 0.3) is 0 Å². The van der Waals surface area contributed by atoms with Gasteiger partial charge in [0.15, 0.2) is 11.5 Å². The van der Waals surface area contributed by atoms with E-state index in [2.05, 4.69) is 5.32 Å². The second-order valence-electron chi connectivity index (χ2n) is 4.96. The van der Waals surface area contributed by atoms with Crippen LogP contribution in [0.1, 0.15) is 6.42 Å². The van der Waals surface area contributed by atoms with Crippen LogP contribution in [0.25, 0.3) is 0 Å². The molecular formula is C17H16ClNO3S. The monoisotopic (exact) mass is 349 g/mol. The van der Waals surface area contributed by atoms with E-state index in [9.17, 15) is 4.79 Å². The maximum absolute atomic E-state index is 12.0. The van der Waals surface area contributed by atoms with Crippen molar-refractivity contribution < 1.29 is 14.3 Å². The summed E-state index contributed by atoms with van der Waals surface area (Å²) in [5.41, 5.74) is 0.718. The summed E-state index contributed by atoms with van der Waals surface area (Å²) in [5, 5.41) is 3.59. The smallest absolute Gasteiger partial charge is 0.225 e. The Balaban J connectivity index is 1.48. The van der Waals surface area contributed by atoms with E-state index in [0.29, 0.717) is 41.9 Å². The van der Waals surface area contributed by atoms with Crippen molar-refractivity contribution >= 4 is 35.0 Å². The maximum atomic E-state index is 12.0. The minimum atomic E-state index is -0.0249. The molecule has 0 bridgehead atoms. The number of carbonyl (C=O) groups is 1. The molecule has 0 unspecified atom stereocenters. The SMILES string of the molecule is O=C(CCSc1ccc(Cl)cc1)Nc1ccc2c(c1)OCCO2. The molecule has 1 amide bonds. The zero-order chi connectivity index (χ0) is 16.1. The molecule has 1 aliphatic rings. The number of hydrogen-bond acceptors (Lipinski definition) is 4. The number of hydrogen-bond donors (Lipinski definition) is 1. The van der Waals surface area contributed by atoms with Gasteiger partial charge in [-0.15, -0.1) is 11.8 Å². The number of carbonyl (C=O) groups excluding carboxylic acids is 1. The summed E-state index contributed by atoms with van der Waals surface area (Å²) >= 11 is 7.47. The van der Waals surface area contributed by atoms with Gasteiger partial charge in [0.1, 0.15) is 13.2 Å². The maximum Gasteiger partial charge on any atom is 0.225 e.